The van der Waals surface area contributed by atoms with Gasteiger partial charge >= 0.3 is 0 Å². The van der Waals surface area contributed by atoms with Gasteiger partial charge in [0.1, 0.15) is 5.82 Å². The zero-order chi connectivity index (χ0) is 12.4. The minimum Gasteiger partial charge on any atom is -0.268 e. The summed E-state index contributed by atoms with van der Waals surface area (Å²) in [5, 5.41) is 2.34. The van der Waals surface area contributed by atoms with Crippen molar-refractivity contribution in [3.8, 4) is 0 Å². The summed E-state index contributed by atoms with van der Waals surface area (Å²) in [7, 11) is 0. The molecule has 2 rings (SSSR count). The van der Waals surface area contributed by atoms with E-state index in [0.717, 1.165) is 16.8 Å². The van der Waals surface area contributed by atoms with Gasteiger partial charge in [0.15, 0.2) is 0 Å². The number of hydrogen-bond donors (Lipinski definition) is 1. The van der Waals surface area contributed by atoms with Crippen LogP contribution in [0.25, 0.3) is 0 Å². The molecule has 0 fully saturated rings. The van der Waals surface area contributed by atoms with E-state index in [1.807, 2.05) is 0 Å². The summed E-state index contributed by atoms with van der Waals surface area (Å²) in [4.78, 5) is 22.5. The summed E-state index contributed by atoms with van der Waals surface area (Å²) in [5.41, 5.74) is -0.453. The summed E-state index contributed by atoms with van der Waals surface area (Å²) in [6.07, 6.45) is 0. The highest BCUT2D eigenvalue weighted by Gasteiger charge is 2.05. The van der Waals surface area contributed by atoms with E-state index < -0.39 is 11.4 Å². The lowest BCUT2D eigenvalue weighted by Gasteiger charge is -2.06. The minimum atomic E-state index is -0.434. The van der Waals surface area contributed by atoms with Crippen molar-refractivity contribution in [3.05, 3.63) is 66.9 Å². The summed E-state index contributed by atoms with van der Waals surface area (Å²) in [5.74, 6) is -0.434. The first kappa shape index (κ1) is 11.8. The first-order valence-corrected chi connectivity index (χ1v) is 5.59. The van der Waals surface area contributed by atoms with Gasteiger partial charge in [0.05, 0.1) is 6.54 Å². The molecule has 1 heterocycles. The van der Waals surface area contributed by atoms with Crippen LogP contribution in [0, 0.1) is 5.82 Å². The van der Waals surface area contributed by atoms with Crippen LogP contribution in [0.4, 0.5) is 4.39 Å². The van der Waals surface area contributed by atoms with Crippen molar-refractivity contribution in [2.75, 3.05) is 0 Å². The Morgan fingerprint density at radius 1 is 1.24 bits per heavy atom. The largest absolute Gasteiger partial charge is 0.268 e. The molecule has 88 valence electrons. The van der Waals surface area contributed by atoms with Crippen molar-refractivity contribution in [2.45, 2.75) is 6.54 Å². The zero-order valence-corrected chi connectivity index (χ0v) is 10.2. The van der Waals surface area contributed by atoms with E-state index >= 15 is 0 Å². The first-order chi connectivity index (χ1) is 8.06. The lowest BCUT2D eigenvalue weighted by atomic mass is 10.2. The molecule has 0 unspecified atom stereocenters. The van der Waals surface area contributed by atoms with Gasteiger partial charge in [-0.25, -0.2) is 9.07 Å². The molecule has 0 aliphatic carbocycles. The molecule has 1 aromatic carbocycles. The number of hydrogen-bond acceptors (Lipinski definition) is 2. The molecule has 17 heavy (non-hydrogen) atoms. The van der Waals surface area contributed by atoms with Crippen molar-refractivity contribution < 1.29 is 4.39 Å². The quantitative estimate of drug-likeness (QED) is 0.913. The van der Waals surface area contributed by atoms with E-state index in [1.54, 1.807) is 12.1 Å². The molecular weight excluding hydrogens is 291 g/mol. The maximum absolute atomic E-state index is 13.5. The molecule has 0 radical (unpaired) electrons. The number of rotatable bonds is 2. The highest BCUT2D eigenvalue weighted by molar-refractivity contribution is 9.10. The molecule has 0 aliphatic heterocycles. The van der Waals surface area contributed by atoms with Crippen LogP contribution in [0.1, 0.15) is 5.56 Å². The standard InChI is InChI=1S/C11H8BrFN2O2/c12-8-2-1-7(9(13)5-8)6-15-11(17)4-3-10(16)14-15/h1-5H,6H2,(H,14,16). The van der Waals surface area contributed by atoms with E-state index in [2.05, 4.69) is 21.0 Å². The van der Waals surface area contributed by atoms with Crippen molar-refractivity contribution in [1.29, 1.82) is 0 Å². The molecule has 1 aromatic heterocycles. The van der Waals surface area contributed by atoms with Crippen LogP contribution in [0.2, 0.25) is 0 Å². The van der Waals surface area contributed by atoms with Crippen molar-refractivity contribution in [3.63, 3.8) is 0 Å². The van der Waals surface area contributed by atoms with Gasteiger partial charge in [-0.05, 0) is 12.1 Å². The van der Waals surface area contributed by atoms with Gasteiger partial charge in [-0.15, -0.1) is 0 Å². The van der Waals surface area contributed by atoms with Crippen LogP contribution >= 0.6 is 15.9 Å². The van der Waals surface area contributed by atoms with E-state index in [0.29, 0.717) is 10.0 Å². The van der Waals surface area contributed by atoms with Crippen molar-refractivity contribution >= 4 is 15.9 Å². The summed E-state index contributed by atoms with van der Waals surface area (Å²) in [6.45, 7) is -0.00593. The van der Waals surface area contributed by atoms with Crippen LogP contribution < -0.4 is 11.1 Å². The number of nitrogens with zero attached hydrogens (tertiary/aromatic N) is 1. The highest BCUT2D eigenvalue weighted by atomic mass is 79.9. The fraction of sp³-hybridized carbons (Fsp3) is 0.0909. The maximum Gasteiger partial charge on any atom is 0.265 e. The molecule has 1 N–H and O–H groups in total. The number of aromatic amines is 1. The average Bonchev–Trinajstić information content (AvgIpc) is 2.27. The number of benzene rings is 1. The molecule has 0 saturated carbocycles. The number of H-pyrrole nitrogens is 1. The van der Waals surface area contributed by atoms with E-state index in [-0.39, 0.29) is 12.1 Å². The van der Waals surface area contributed by atoms with Gasteiger partial charge in [-0.2, -0.15) is 0 Å². The third-order valence-electron chi connectivity index (χ3n) is 2.23. The Morgan fingerprint density at radius 2 is 2.00 bits per heavy atom. The van der Waals surface area contributed by atoms with Gasteiger partial charge in [0.25, 0.3) is 11.1 Å². The molecule has 0 aliphatic rings. The van der Waals surface area contributed by atoms with Gasteiger partial charge in [-0.1, -0.05) is 22.0 Å². The van der Waals surface area contributed by atoms with Crippen LogP contribution in [0.5, 0.6) is 0 Å². The number of nitrogens with one attached hydrogen (secondary N) is 1. The smallest absolute Gasteiger partial charge is 0.265 e. The minimum absolute atomic E-state index is 0.00593. The second kappa shape index (κ2) is 4.67. The second-order valence-electron chi connectivity index (χ2n) is 3.47. The van der Waals surface area contributed by atoms with Crippen molar-refractivity contribution in [2.24, 2.45) is 0 Å². The van der Waals surface area contributed by atoms with Crippen LogP contribution in [-0.4, -0.2) is 9.78 Å². The summed E-state index contributed by atoms with van der Waals surface area (Å²) in [6, 6.07) is 6.81. The normalized spacial score (nSPS) is 10.5. The van der Waals surface area contributed by atoms with Gasteiger partial charge < -0.3 is 0 Å². The molecule has 4 nitrogen and oxygen atoms in total. The van der Waals surface area contributed by atoms with Gasteiger partial charge in [-0.3, -0.25) is 14.7 Å². The summed E-state index contributed by atoms with van der Waals surface area (Å²) >= 11 is 3.14. The van der Waals surface area contributed by atoms with Crippen LogP contribution in [-0.2, 0) is 6.54 Å². The van der Waals surface area contributed by atoms with Gasteiger partial charge in [0, 0.05) is 22.2 Å². The number of aromatic nitrogens is 2. The molecule has 0 spiro atoms. The Morgan fingerprint density at radius 3 is 2.71 bits per heavy atom. The van der Waals surface area contributed by atoms with Gasteiger partial charge in [0.2, 0.25) is 0 Å². The Balaban J connectivity index is 2.41. The Labute approximate surface area is 104 Å². The average molecular weight is 299 g/mol. The molecule has 0 atom stereocenters. The predicted octanol–water partition coefficient (Wildman–Crippen LogP) is 1.49. The first-order valence-electron chi connectivity index (χ1n) is 4.80. The number of halogens is 2. The molecule has 0 amide bonds. The third-order valence-corrected chi connectivity index (χ3v) is 2.73. The lowest BCUT2D eigenvalue weighted by molar-refractivity contribution is 0.567. The maximum atomic E-state index is 13.5. The molecule has 0 saturated heterocycles. The molecular formula is C11H8BrFN2O2. The fourth-order valence-electron chi connectivity index (χ4n) is 1.40. The lowest BCUT2D eigenvalue weighted by Crippen LogP contribution is -2.28. The summed E-state index contributed by atoms with van der Waals surface area (Å²) < 4.78 is 15.2. The Hall–Kier alpha value is -1.69. The zero-order valence-electron chi connectivity index (χ0n) is 8.61. The van der Waals surface area contributed by atoms with E-state index in [4.69, 9.17) is 0 Å². The Kier molecular flexibility index (Phi) is 3.23. The molecule has 2 aromatic rings. The van der Waals surface area contributed by atoms with Crippen molar-refractivity contribution in [1.82, 2.24) is 9.78 Å². The highest BCUT2D eigenvalue weighted by Crippen LogP contribution is 2.15. The third kappa shape index (κ3) is 2.71. The van der Waals surface area contributed by atoms with Crippen LogP contribution in [0.15, 0.2) is 44.4 Å². The molecule has 6 heteroatoms. The van der Waals surface area contributed by atoms with Crippen LogP contribution in [0.3, 0.4) is 0 Å². The van der Waals surface area contributed by atoms with E-state index in [9.17, 15) is 14.0 Å². The SMILES string of the molecule is O=c1ccc(=O)n(Cc2ccc(Br)cc2F)[nH]1. The monoisotopic (exact) mass is 298 g/mol. The van der Waals surface area contributed by atoms with E-state index in [1.165, 1.54) is 6.07 Å². The topological polar surface area (TPSA) is 54.9 Å². The second-order valence-corrected chi connectivity index (χ2v) is 4.39. The Bertz CT molecular complexity index is 663. The fourth-order valence-corrected chi connectivity index (χ4v) is 1.73. The molecule has 0 bridgehead atoms. The predicted molar refractivity (Wildman–Crippen MR) is 64.5 cm³/mol.